The van der Waals surface area contributed by atoms with Crippen LogP contribution < -0.4 is 0 Å². The van der Waals surface area contributed by atoms with E-state index >= 15 is 0 Å². The van der Waals surface area contributed by atoms with Gasteiger partial charge in [-0.25, -0.2) is 0 Å². The predicted octanol–water partition coefficient (Wildman–Crippen LogP) is 4.00. The number of hydrogen-bond acceptors (Lipinski definition) is 1. The van der Waals surface area contributed by atoms with Crippen molar-refractivity contribution in [1.82, 2.24) is 4.90 Å². The molecular formula is C16H25NO. The molecule has 0 saturated heterocycles. The van der Waals surface area contributed by atoms with Crippen LogP contribution in [0, 0.1) is 0 Å². The van der Waals surface area contributed by atoms with Crippen LogP contribution in [0.2, 0.25) is 0 Å². The summed E-state index contributed by atoms with van der Waals surface area (Å²) in [5.74, 6) is 0.280. The molecule has 0 heterocycles. The van der Waals surface area contributed by atoms with Gasteiger partial charge in [-0.15, -0.1) is 0 Å². The number of carbonyl (C=O) groups is 1. The lowest BCUT2D eigenvalue weighted by Gasteiger charge is -2.27. The van der Waals surface area contributed by atoms with Gasteiger partial charge in [0.2, 0.25) is 5.91 Å². The van der Waals surface area contributed by atoms with Crippen molar-refractivity contribution in [3.63, 3.8) is 0 Å². The Kier molecular flexibility index (Phi) is 6.48. The molecule has 0 atom stereocenters. The van der Waals surface area contributed by atoms with Crippen molar-refractivity contribution >= 4 is 5.91 Å². The van der Waals surface area contributed by atoms with Crippen LogP contribution in [0.4, 0.5) is 0 Å². The zero-order valence-electron chi connectivity index (χ0n) is 11.9. The number of rotatable bonds is 7. The molecule has 0 aliphatic carbocycles. The smallest absolute Gasteiger partial charge is 0.223 e. The molecule has 1 aromatic carbocycles. The molecule has 0 spiro atoms. The van der Waals surface area contributed by atoms with E-state index in [-0.39, 0.29) is 11.9 Å². The van der Waals surface area contributed by atoms with Gasteiger partial charge in [0.1, 0.15) is 0 Å². The van der Waals surface area contributed by atoms with Gasteiger partial charge in [0.05, 0.1) is 0 Å². The maximum atomic E-state index is 12.2. The van der Waals surface area contributed by atoms with Crippen LogP contribution in [0.3, 0.4) is 0 Å². The lowest BCUT2D eigenvalue weighted by atomic mass is 10.1. The van der Waals surface area contributed by atoms with Gasteiger partial charge in [-0.3, -0.25) is 4.79 Å². The summed E-state index contributed by atoms with van der Waals surface area (Å²) in [7, 11) is 0. The maximum Gasteiger partial charge on any atom is 0.223 e. The Hall–Kier alpha value is -1.31. The van der Waals surface area contributed by atoms with E-state index in [1.54, 1.807) is 0 Å². The van der Waals surface area contributed by atoms with E-state index in [9.17, 15) is 4.79 Å². The fourth-order valence-corrected chi connectivity index (χ4v) is 2.01. The largest absolute Gasteiger partial charge is 0.336 e. The minimum absolute atomic E-state index is 0.263. The quantitative estimate of drug-likeness (QED) is 0.667. The molecule has 0 aliphatic heterocycles. The predicted molar refractivity (Wildman–Crippen MR) is 76.3 cm³/mol. The second kappa shape index (κ2) is 7.91. The number of hydrogen-bond donors (Lipinski definition) is 0. The third kappa shape index (κ3) is 4.91. The van der Waals surface area contributed by atoms with E-state index in [2.05, 4.69) is 32.9 Å². The molecule has 0 bridgehead atoms. The molecule has 2 heteroatoms. The number of unbranched alkanes of at least 4 members (excludes halogenated alkanes) is 2. The molecule has 1 amide bonds. The monoisotopic (exact) mass is 247 g/mol. The van der Waals surface area contributed by atoms with Gasteiger partial charge >= 0.3 is 0 Å². The zero-order chi connectivity index (χ0) is 13.4. The van der Waals surface area contributed by atoms with Crippen LogP contribution in [-0.4, -0.2) is 16.8 Å². The summed E-state index contributed by atoms with van der Waals surface area (Å²) in [5.41, 5.74) is 1.20. The summed E-state index contributed by atoms with van der Waals surface area (Å²) in [4.78, 5) is 14.2. The Balaban J connectivity index is 2.57. The average Bonchev–Trinajstić information content (AvgIpc) is 2.37. The van der Waals surface area contributed by atoms with Crippen LogP contribution in [0.25, 0.3) is 0 Å². The fraction of sp³-hybridized carbons (Fsp3) is 0.562. The van der Waals surface area contributed by atoms with Crippen molar-refractivity contribution < 1.29 is 4.79 Å². The van der Waals surface area contributed by atoms with Crippen LogP contribution in [0.15, 0.2) is 30.3 Å². The van der Waals surface area contributed by atoms with E-state index in [1.165, 1.54) is 5.56 Å². The topological polar surface area (TPSA) is 20.3 Å². The second-order valence-corrected chi connectivity index (χ2v) is 5.06. The van der Waals surface area contributed by atoms with Gasteiger partial charge < -0.3 is 4.90 Å². The normalized spacial score (nSPS) is 10.7. The SMILES string of the molecule is CCCCCC(=O)N(Cc1ccccc1)C(C)C. The van der Waals surface area contributed by atoms with Crippen LogP contribution in [-0.2, 0) is 11.3 Å². The standard InChI is InChI=1S/C16H25NO/c1-4-5-7-12-16(18)17(14(2)3)13-15-10-8-6-9-11-15/h6,8-11,14H,4-5,7,12-13H2,1-3H3. The molecule has 1 rings (SSSR count). The molecule has 0 unspecified atom stereocenters. The molecule has 0 saturated carbocycles. The van der Waals surface area contributed by atoms with Crippen LogP contribution >= 0.6 is 0 Å². The fourth-order valence-electron chi connectivity index (χ4n) is 2.01. The Bertz CT molecular complexity index is 345. The van der Waals surface area contributed by atoms with Gasteiger partial charge in [-0.05, 0) is 25.8 Å². The van der Waals surface area contributed by atoms with Crippen molar-refractivity contribution in [1.29, 1.82) is 0 Å². The molecular weight excluding hydrogens is 222 g/mol. The Labute approximate surface area is 111 Å². The van der Waals surface area contributed by atoms with Gasteiger partial charge in [0, 0.05) is 19.0 Å². The average molecular weight is 247 g/mol. The summed E-state index contributed by atoms with van der Waals surface area (Å²) in [6, 6.07) is 10.5. The lowest BCUT2D eigenvalue weighted by Crippen LogP contribution is -2.36. The highest BCUT2D eigenvalue weighted by Gasteiger charge is 2.16. The molecule has 0 aliphatic rings. The molecule has 0 radical (unpaired) electrons. The van der Waals surface area contributed by atoms with E-state index < -0.39 is 0 Å². The Morgan fingerprint density at radius 1 is 1.17 bits per heavy atom. The molecule has 0 aromatic heterocycles. The van der Waals surface area contributed by atoms with Gasteiger partial charge in [-0.2, -0.15) is 0 Å². The third-order valence-electron chi connectivity index (χ3n) is 3.13. The van der Waals surface area contributed by atoms with Gasteiger partial charge in [0.15, 0.2) is 0 Å². The summed E-state index contributed by atoms with van der Waals surface area (Å²) >= 11 is 0. The number of carbonyl (C=O) groups excluding carboxylic acids is 1. The first-order valence-corrected chi connectivity index (χ1v) is 6.98. The molecule has 100 valence electrons. The van der Waals surface area contributed by atoms with Crippen molar-refractivity contribution in [2.24, 2.45) is 0 Å². The molecule has 0 fully saturated rings. The molecule has 2 nitrogen and oxygen atoms in total. The van der Waals surface area contributed by atoms with Crippen molar-refractivity contribution in [2.45, 2.75) is 59.0 Å². The highest BCUT2D eigenvalue weighted by molar-refractivity contribution is 5.76. The van der Waals surface area contributed by atoms with Crippen LogP contribution in [0.5, 0.6) is 0 Å². The van der Waals surface area contributed by atoms with E-state index in [0.717, 1.165) is 25.8 Å². The number of benzene rings is 1. The lowest BCUT2D eigenvalue weighted by molar-refractivity contribution is -0.133. The van der Waals surface area contributed by atoms with Crippen LogP contribution in [0.1, 0.15) is 52.0 Å². The Morgan fingerprint density at radius 3 is 2.39 bits per heavy atom. The molecule has 18 heavy (non-hydrogen) atoms. The summed E-state index contributed by atoms with van der Waals surface area (Å²) in [6.45, 7) is 7.06. The van der Waals surface area contributed by atoms with Crippen molar-refractivity contribution in [3.8, 4) is 0 Å². The first kappa shape index (κ1) is 14.7. The highest BCUT2D eigenvalue weighted by Crippen LogP contribution is 2.11. The van der Waals surface area contributed by atoms with Crippen molar-refractivity contribution in [3.05, 3.63) is 35.9 Å². The molecule has 1 aromatic rings. The number of amides is 1. The third-order valence-corrected chi connectivity index (χ3v) is 3.13. The summed E-state index contributed by atoms with van der Waals surface area (Å²) in [6.07, 6.45) is 3.99. The highest BCUT2D eigenvalue weighted by atomic mass is 16.2. The summed E-state index contributed by atoms with van der Waals surface area (Å²) in [5, 5.41) is 0. The summed E-state index contributed by atoms with van der Waals surface area (Å²) < 4.78 is 0. The minimum Gasteiger partial charge on any atom is -0.336 e. The van der Waals surface area contributed by atoms with Gasteiger partial charge in [-0.1, -0.05) is 50.1 Å². The molecule has 0 N–H and O–H groups in total. The number of nitrogens with zero attached hydrogens (tertiary/aromatic N) is 1. The maximum absolute atomic E-state index is 12.2. The first-order chi connectivity index (χ1) is 8.65. The van der Waals surface area contributed by atoms with Crippen molar-refractivity contribution in [2.75, 3.05) is 0 Å². The minimum atomic E-state index is 0.263. The van der Waals surface area contributed by atoms with Gasteiger partial charge in [0.25, 0.3) is 0 Å². The van der Waals surface area contributed by atoms with E-state index in [4.69, 9.17) is 0 Å². The second-order valence-electron chi connectivity index (χ2n) is 5.06. The first-order valence-electron chi connectivity index (χ1n) is 6.98. The zero-order valence-corrected chi connectivity index (χ0v) is 11.9. The van der Waals surface area contributed by atoms with E-state index in [0.29, 0.717) is 6.42 Å². The van der Waals surface area contributed by atoms with E-state index in [1.807, 2.05) is 23.1 Å². The Morgan fingerprint density at radius 2 is 1.83 bits per heavy atom.